The standard InChI is InChI=1S/C14H12BrClN2O2/c15-12-8-10(16)5-6-11(12)13(17)7-9-3-1-2-4-14(9)18(19)20/h1-6,8,13H,7,17H2. The van der Waals surface area contributed by atoms with Crippen molar-refractivity contribution in [3.63, 3.8) is 0 Å². The molecule has 2 aromatic rings. The maximum atomic E-state index is 11.0. The average molecular weight is 356 g/mol. The molecule has 0 amide bonds. The summed E-state index contributed by atoms with van der Waals surface area (Å²) >= 11 is 9.30. The molecule has 0 saturated heterocycles. The van der Waals surface area contributed by atoms with Gasteiger partial charge < -0.3 is 5.73 Å². The van der Waals surface area contributed by atoms with E-state index in [1.54, 1.807) is 30.3 Å². The molecule has 6 heteroatoms. The van der Waals surface area contributed by atoms with Crippen LogP contribution in [0.25, 0.3) is 0 Å². The van der Waals surface area contributed by atoms with Crippen molar-refractivity contribution in [2.45, 2.75) is 12.5 Å². The molecule has 0 aliphatic heterocycles. The van der Waals surface area contributed by atoms with Gasteiger partial charge in [-0.1, -0.05) is 51.8 Å². The Morgan fingerprint density at radius 2 is 2.00 bits per heavy atom. The summed E-state index contributed by atoms with van der Waals surface area (Å²) in [4.78, 5) is 10.6. The molecule has 0 bridgehead atoms. The van der Waals surface area contributed by atoms with Crippen LogP contribution in [0, 0.1) is 10.1 Å². The number of hydrogen-bond acceptors (Lipinski definition) is 3. The van der Waals surface area contributed by atoms with Gasteiger partial charge in [0.05, 0.1) is 4.92 Å². The van der Waals surface area contributed by atoms with E-state index in [0.717, 1.165) is 10.0 Å². The lowest BCUT2D eigenvalue weighted by atomic mass is 9.98. The smallest absolute Gasteiger partial charge is 0.272 e. The summed E-state index contributed by atoms with van der Waals surface area (Å²) in [6.07, 6.45) is 0.386. The summed E-state index contributed by atoms with van der Waals surface area (Å²) < 4.78 is 0.802. The summed E-state index contributed by atoms with van der Waals surface area (Å²) in [5.74, 6) is 0. The summed E-state index contributed by atoms with van der Waals surface area (Å²) in [5.41, 5.74) is 7.73. The van der Waals surface area contributed by atoms with Gasteiger partial charge in [-0.25, -0.2) is 0 Å². The molecule has 4 nitrogen and oxygen atoms in total. The number of nitro groups is 1. The van der Waals surface area contributed by atoms with E-state index >= 15 is 0 Å². The van der Waals surface area contributed by atoms with Crippen LogP contribution in [0.4, 0.5) is 5.69 Å². The van der Waals surface area contributed by atoms with E-state index in [9.17, 15) is 10.1 Å². The first-order chi connectivity index (χ1) is 9.49. The Hall–Kier alpha value is -1.43. The van der Waals surface area contributed by atoms with Crippen LogP contribution in [-0.4, -0.2) is 4.92 Å². The van der Waals surface area contributed by atoms with Crippen molar-refractivity contribution in [2.75, 3.05) is 0 Å². The first-order valence-electron chi connectivity index (χ1n) is 5.92. The van der Waals surface area contributed by atoms with Crippen LogP contribution in [0.1, 0.15) is 17.2 Å². The molecule has 0 heterocycles. The Labute approximate surface area is 129 Å². The minimum atomic E-state index is -0.390. The van der Waals surface area contributed by atoms with Crippen molar-refractivity contribution < 1.29 is 4.92 Å². The third kappa shape index (κ3) is 3.36. The molecule has 0 fully saturated rings. The molecule has 1 atom stereocenters. The second-order valence-corrected chi connectivity index (χ2v) is 5.65. The van der Waals surface area contributed by atoms with Crippen molar-refractivity contribution in [3.05, 3.63) is 73.2 Å². The molecule has 104 valence electrons. The second-order valence-electron chi connectivity index (χ2n) is 4.36. The minimum absolute atomic E-state index is 0.0908. The maximum absolute atomic E-state index is 11.0. The van der Waals surface area contributed by atoms with Crippen LogP contribution < -0.4 is 5.73 Å². The fourth-order valence-electron chi connectivity index (χ4n) is 2.01. The molecule has 1 unspecified atom stereocenters. The van der Waals surface area contributed by atoms with E-state index in [2.05, 4.69) is 15.9 Å². The van der Waals surface area contributed by atoms with Gasteiger partial charge in [0.15, 0.2) is 0 Å². The Morgan fingerprint density at radius 3 is 2.65 bits per heavy atom. The van der Waals surface area contributed by atoms with Gasteiger partial charge in [-0.2, -0.15) is 0 Å². The van der Waals surface area contributed by atoms with E-state index in [1.165, 1.54) is 6.07 Å². The van der Waals surface area contributed by atoms with Crippen molar-refractivity contribution in [1.29, 1.82) is 0 Å². The van der Waals surface area contributed by atoms with Crippen LogP contribution in [-0.2, 0) is 6.42 Å². The predicted molar refractivity (Wildman–Crippen MR) is 82.9 cm³/mol. The molecule has 0 saturated carbocycles. The number of rotatable bonds is 4. The lowest BCUT2D eigenvalue weighted by molar-refractivity contribution is -0.385. The molecule has 0 aliphatic rings. The largest absolute Gasteiger partial charge is 0.324 e. The van der Waals surface area contributed by atoms with Gasteiger partial charge in [0, 0.05) is 27.2 Å². The molecular weight excluding hydrogens is 344 g/mol. The monoisotopic (exact) mass is 354 g/mol. The van der Waals surface area contributed by atoms with Gasteiger partial charge >= 0.3 is 0 Å². The van der Waals surface area contributed by atoms with Gasteiger partial charge in [-0.3, -0.25) is 10.1 Å². The number of hydrogen-bond donors (Lipinski definition) is 1. The van der Waals surface area contributed by atoms with E-state index in [0.29, 0.717) is 17.0 Å². The molecule has 2 rings (SSSR count). The van der Waals surface area contributed by atoms with Gasteiger partial charge in [0.1, 0.15) is 0 Å². The maximum Gasteiger partial charge on any atom is 0.272 e. The normalized spacial score (nSPS) is 12.2. The fourth-order valence-corrected chi connectivity index (χ4v) is 2.99. The SMILES string of the molecule is NC(Cc1ccccc1[N+](=O)[O-])c1ccc(Cl)cc1Br. The van der Waals surface area contributed by atoms with Gasteiger partial charge in [-0.05, 0) is 24.1 Å². The third-order valence-corrected chi connectivity index (χ3v) is 3.91. The van der Waals surface area contributed by atoms with Crippen molar-refractivity contribution >= 4 is 33.2 Å². The van der Waals surface area contributed by atoms with Crippen molar-refractivity contribution in [2.24, 2.45) is 5.73 Å². The van der Waals surface area contributed by atoms with Gasteiger partial charge in [0.2, 0.25) is 0 Å². The second kappa shape index (κ2) is 6.35. The molecule has 2 N–H and O–H groups in total. The number of nitrogens with two attached hydrogens (primary N) is 1. The van der Waals surface area contributed by atoms with E-state index < -0.39 is 0 Å². The molecule has 0 aliphatic carbocycles. The van der Waals surface area contributed by atoms with E-state index in [-0.39, 0.29) is 16.7 Å². The Bertz CT molecular complexity index is 649. The number of para-hydroxylation sites is 1. The molecule has 0 radical (unpaired) electrons. The van der Waals surface area contributed by atoms with E-state index in [1.807, 2.05) is 6.07 Å². The molecule has 0 spiro atoms. The highest BCUT2D eigenvalue weighted by Crippen LogP contribution is 2.29. The quantitative estimate of drug-likeness (QED) is 0.658. The molecule has 20 heavy (non-hydrogen) atoms. The first kappa shape index (κ1) is 15.0. The third-order valence-electron chi connectivity index (χ3n) is 2.99. The van der Waals surface area contributed by atoms with E-state index in [4.69, 9.17) is 17.3 Å². The molecule has 0 aromatic heterocycles. The summed E-state index contributed by atoms with van der Waals surface area (Å²) in [6, 6.07) is 11.6. The van der Waals surface area contributed by atoms with Crippen LogP contribution >= 0.6 is 27.5 Å². The van der Waals surface area contributed by atoms with Crippen LogP contribution in [0.2, 0.25) is 5.02 Å². The Kier molecular flexibility index (Phi) is 4.75. The van der Waals surface area contributed by atoms with Crippen LogP contribution in [0.5, 0.6) is 0 Å². The predicted octanol–water partition coefficient (Wildman–Crippen LogP) is 4.25. The highest BCUT2D eigenvalue weighted by atomic mass is 79.9. The minimum Gasteiger partial charge on any atom is -0.324 e. The molecular formula is C14H12BrClN2O2. The van der Waals surface area contributed by atoms with Gasteiger partial charge in [-0.15, -0.1) is 0 Å². The first-order valence-corrected chi connectivity index (χ1v) is 7.09. The summed E-state index contributed by atoms with van der Waals surface area (Å²) in [6.45, 7) is 0. The highest BCUT2D eigenvalue weighted by Gasteiger charge is 2.17. The number of nitro benzene ring substituents is 1. The summed E-state index contributed by atoms with van der Waals surface area (Å²) in [5, 5.41) is 11.6. The average Bonchev–Trinajstić information content (AvgIpc) is 2.38. The summed E-state index contributed by atoms with van der Waals surface area (Å²) in [7, 11) is 0. The zero-order chi connectivity index (χ0) is 14.7. The molecule has 2 aromatic carbocycles. The van der Waals surface area contributed by atoms with Crippen LogP contribution in [0.3, 0.4) is 0 Å². The van der Waals surface area contributed by atoms with Gasteiger partial charge in [0.25, 0.3) is 5.69 Å². The number of nitrogens with zero attached hydrogens (tertiary/aromatic N) is 1. The number of halogens is 2. The van der Waals surface area contributed by atoms with Crippen molar-refractivity contribution in [3.8, 4) is 0 Å². The Morgan fingerprint density at radius 1 is 1.30 bits per heavy atom. The fraction of sp³-hybridized carbons (Fsp3) is 0.143. The zero-order valence-electron chi connectivity index (χ0n) is 10.4. The lowest BCUT2D eigenvalue weighted by Gasteiger charge is -2.14. The Balaban J connectivity index is 2.28. The van der Waals surface area contributed by atoms with Crippen LogP contribution in [0.15, 0.2) is 46.9 Å². The zero-order valence-corrected chi connectivity index (χ0v) is 12.8. The topological polar surface area (TPSA) is 69.2 Å². The van der Waals surface area contributed by atoms with Crippen molar-refractivity contribution in [1.82, 2.24) is 0 Å². The number of benzene rings is 2. The lowest BCUT2D eigenvalue weighted by Crippen LogP contribution is -2.14. The highest BCUT2D eigenvalue weighted by molar-refractivity contribution is 9.10.